The van der Waals surface area contributed by atoms with Crippen LogP contribution in [0.2, 0.25) is 0 Å². The van der Waals surface area contributed by atoms with Crippen LogP contribution in [0.3, 0.4) is 0 Å². The number of nitrogens with zero attached hydrogens (tertiary/aromatic N) is 2. The van der Waals surface area contributed by atoms with Gasteiger partial charge in [0.25, 0.3) is 0 Å². The quantitative estimate of drug-likeness (QED) is 0.565. The van der Waals surface area contributed by atoms with Crippen LogP contribution in [0.1, 0.15) is 13.8 Å². The molecule has 0 aromatic carbocycles. The van der Waals surface area contributed by atoms with Crippen LogP contribution >= 0.6 is 0 Å². The van der Waals surface area contributed by atoms with Gasteiger partial charge in [-0.3, -0.25) is 5.10 Å². The van der Waals surface area contributed by atoms with Gasteiger partial charge in [0.05, 0.1) is 5.35 Å². The SMILES string of the molecule is CC1(C)C2C=c3nn[nH]c3=CC21. The molecule has 3 nitrogen and oxygen atoms in total. The number of H-pyrrole nitrogens is 1. The molecule has 0 radical (unpaired) electrons. The normalized spacial score (nSPS) is 34.2. The second-order valence-electron chi connectivity index (χ2n) is 4.32. The first-order valence-electron chi connectivity index (χ1n) is 4.30. The molecule has 2 unspecified atom stereocenters. The summed E-state index contributed by atoms with van der Waals surface area (Å²) < 4.78 is 0. The van der Waals surface area contributed by atoms with Crippen molar-refractivity contribution in [1.29, 1.82) is 0 Å². The van der Waals surface area contributed by atoms with Gasteiger partial charge in [0, 0.05) is 0 Å². The summed E-state index contributed by atoms with van der Waals surface area (Å²) in [5, 5.41) is 12.8. The first-order chi connectivity index (χ1) is 5.69. The highest BCUT2D eigenvalue weighted by molar-refractivity contribution is 5.50. The van der Waals surface area contributed by atoms with E-state index < -0.39 is 0 Å². The van der Waals surface area contributed by atoms with Gasteiger partial charge in [0.15, 0.2) is 0 Å². The summed E-state index contributed by atoms with van der Waals surface area (Å²) >= 11 is 0. The number of aromatic amines is 1. The number of nitrogens with one attached hydrogen (secondary N) is 1. The summed E-state index contributed by atoms with van der Waals surface area (Å²) in [6.45, 7) is 4.60. The average Bonchev–Trinajstić information content (AvgIpc) is 2.50. The Labute approximate surface area is 70.2 Å². The largest absolute Gasteiger partial charge is 0.258 e. The molecule has 0 saturated heterocycles. The summed E-state index contributed by atoms with van der Waals surface area (Å²) in [5.41, 5.74) is 0.446. The summed E-state index contributed by atoms with van der Waals surface area (Å²) in [4.78, 5) is 0. The van der Waals surface area contributed by atoms with Crippen molar-refractivity contribution in [1.82, 2.24) is 15.4 Å². The third kappa shape index (κ3) is 0.578. The molecule has 2 atom stereocenters. The topological polar surface area (TPSA) is 41.6 Å². The van der Waals surface area contributed by atoms with Crippen LogP contribution in [0.5, 0.6) is 0 Å². The van der Waals surface area contributed by atoms with Crippen LogP contribution in [0.15, 0.2) is 0 Å². The lowest BCUT2D eigenvalue weighted by atomic mass is 10.1. The summed E-state index contributed by atoms with van der Waals surface area (Å²) in [5.74, 6) is 1.39. The molecule has 1 saturated carbocycles. The zero-order chi connectivity index (χ0) is 8.34. The Kier molecular flexibility index (Phi) is 0.868. The molecular weight excluding hydrogens is 150 g/mol. The molecule has 3 rings (SSSR count). The second-order valence-corrected chi connectivity index (χ2v) is 4.32. The highest BCUT2D eigenvalue weighted by Crippen LogP contribution is 2.60. The van der Waals surface area contributed by atoms with E-state index in [0.717, 1.165) is 10.7 Å². The second kappa shape index (κ2) is 1.63. The fourth-order valence-corrected chi connectivity index (χ4v) is 2.19. The molecule has 2 aliphatic carbocycles. The van der Waals surface area contributed by atoms with Gasteiger partial charge >= 0.3 is 0 Å². The van der Waals surface area contributed by atoms with Gasteiger partial charge in [-0.25, -0.2) is 0 Å². The van der Waals surface area contributed by atoms with Gasteiger partial charge in [0.1, 0.15) is 5.35 Å². The van der Waals surface area contributed by atoms with Crippen LogP contribution in [0.4, 0.5) is 0 Å². The van der Waals surface area contributed by atoms with E-state index in [1.165, 1.54) is 0 Å². The first-order valence-corrected chi connectivity index (χ1v) is 4.30. The molecule has 1 heterocycles. The van der Waals surface area contributed by atoms with Crippen molar-refractivity contribution >= 4 is 12.2 Å². The predicted molar refractivity (Wildman–Crippen MR) is 45.3 cm³/mol. The minimum atomic E-state index is 0.446. The Hall–Kier alpha value is -1.12. The number of fused-ring (bicyclic) bond motifs is 2. The lowest BCUT2D eigenvalue weighted by Crippen LogP contribution is -2.26. The van der Waals surface area contributed by atoms with Gasteiger partial charge in [-0.1, -0.05) is 31.2 Å². The van der Waals surface area contributed by atoms with E-state index in [-0.39, 0.29) is 0 Å². The van der Waals surface area contributed by atoms with E-state index in [9.17, 15) is 0 Å². The van der Waals surface area contributed by atoms with Gasteiger partial charge in [0.2, 0.25) is 0 Å². The molecule has 1 N–H and O–H groups in total. The fourth-order valence-electron chi connectivity index (χ4n) is 2.19. The Morgan fingerprint density at radius 1 is 1.33 bits per heavy atom. The monoisotopic (exact) mass is 161 g/mol. The molecule has 0 aliphatic heterocycles. The minimum absolute atomic E-state index is 0.446. The van der Waals surface area contributed by atoms with Gasteiger partial charge in [-0.2, -0.15) is 0 Å². The van der Waals surface area contributed by atoms with Crippen molar-refractivity contribution in [2.75, 3.05) is 0 Å². The molecule has 2 aliphatic rings. The molecule has 12 heavy (non-hydrogen) atoms. The van der Waals surface area contributed by atoms with Crippen molar-refractivity contribution in [2.45, 2.75) is 13.8 Å². The van der Waals surface area contributed by atoms with Crippen molar-refractivity contribution in [3.8, 4) is 0 Å². The van der Waals surface area contributed by atoms with Gasteiger partial charge in [-0.15, -0.1) is 5.10 Å². The Balaban J connectivity index is 2.26. The maximum absolute atomic E-state index is 4.01. The van der Waals surface area contributed by atoms with E-state index in [1.54, 1.807) is 0 Å². The van der Waals surface area contributed by atoms with Gasteiger partial charge in [-0.05, 0) is 17.3 Å². The van der Waals surface area contributed by atoms with E-state index in [2.05, 4.69) is 41.4 Å². The van der Waals surface area contributed by atoms with E-state index in [1.807, 2.05) is 0 Å². The molecule has 1 fully saturated rings. The minimum Gasteiger partial charge on any atom is -0.258 e. The van der Waals surface area contributed by atoms with Crippen LogP contribution in [-0.2, 0) is 0 Å². The smallest absolute Gasteiger partial charge is 0.108 e. The summed E-state index contributed by atoms with van der Waals surface area (Å²) in [6.07, 6.45) is 4.50. The average molecular weight is 161 g/mol. The van der Waals surface area contributed by atoms with Crippen molar-refractivity contribution in [3.63, 3.8) is 0 Å². The Morgan fingerprint density at radius 2 is 2.08 bits per heavy atom. The van der Waals surface area contributed by atoms with E-state index >= 15 is 0 Å². The van der Waals surface area contributed by atoms with Crippen LogP contribution < -0.4 is 10.7 Å². The van der Waals surface area contributed by atoms with Crippen molar-refractivity contribution < 1.29 is 0 Å². The summed E-state index contributed by atoms with van der Waals surface area (Å²) in [7, 11) is 0. The maximum Gasteiger partial charge on any atom is 0.108 e. The molecule has 1 aromatic heterocycles. The molecule has 0 bridgehead atoms. The first kappa shape index (κ1) is 6.40. The lowest BCUT2D eigenvalue weighted by molar-refractivity contribution is 0.599. The Bertz CT molecular complexity index is 402. The molecular formula is C9H11N3. The zero-order valence-corrected chi connectivity index (χ0v) is 7.20. The Morgan fingerprint density at radius 3 is 2.92 bits per heavy atom. The number of hydrogen-bond donors (Lipinski definition) is 1. The van der Waals surface area contributed by atoms with E-state index in [0.29, 0.717) is 17.3 Å². The number of aromatic nitrogens is 3. The molecule has 3 heteroatoms. The van der Waals surface area contributed by atoms with Crippen molar-refractivity contribution in [2.24, 2.45) is 17.3 Å². The lowest BCUT2D eigenvalue weighted by Gasteiger charge is -1.94. The maximum atomic E-state index is 4.01. The third-order valence-corrected chi connectivity index (χ3v) is 3.28. The zero-order valence-electron chi connectivity index (χ0n) is 7.20. The van der Waals surface area contributed by atoms with Crippen LogP contribution in [-0.4, -0.2) is 15.4 Å². The van der Waals surface area contributed by atoms with Gasteiger partial charge < -0.3 is 0 Å². The molecule has 62 valence electrons. The molecule has 0 amide bonds. The number of hydrogen-bond acceptors (Lipinski definition) is 2. The highest BCUT2D eigenvalue weighted by atomic mass is 15.3. The summed E-state index contributed by atoms with van der Waals surface area (Å²) in [6, 6.07) is 0. The van der Waals surface area contributed by atoms with Crippen molar-refractivity contribution in [3.05, 3.63) is 10.7 Å². The third-order valence-electron chi connectivity index (χ3n) is 3.28. The standard InChI is InChI=1S/C9H11N3/c1-9(2)5-3-7-8(4-6(5)9)11-12-10-7/h3-6H,1-2H3,(H,10,11). The van der Waals surface area contributed by atoms with Crippen LogP contribution in [0.25, 0.3) is 12.2 Å². The van der Waals surface area contributed by atoms with Crippen LogP contribution in [0, 0.1) is 17.3 Å². The molecule has 0 spiro atoms. The highest BCUT2D eigenvalue weighted by Gasteiger charge is 2.55. The molecule has 1 aromatic rings. The van der Waals surface area contributed by atoms with E-state index in [4.69, 9.17) is 0 Å². The fraction of sp³-hybridized carbons (Fsp3) is 0.556. The number of rotatable bonds is 0. The predicted octanol–water partition coefficient (Wildman–Crippen LogP) is -0.349.